The topological polar surface area (TPSA) is 47.0 Å². The SMILES string of the molecule is CNc1cccc(COc2cccc3ncccc23)n1. The van der Waals surface area contributed by atoms with Crippen molar-refractivity contribution in [2.24, 2.45) is 0 Å². The van der Waals surface area contributed by atoms with Crippen molar-refractivity contribution >= 4 is 16.7 Å². The molecule has 0 fully saturated rings. The summed E-state index contributed by atoms with van der Waals surface area (Å²) in [7, 11) is 1.85. The second kappa shape index (κ2) is 5.57. The first-order chi connectivity index (χ1) is 9.86. The largest absolute Gasteiger partial charge is 0.487 e. The summed E-state index contributed by atoms with van der Waals surface area (Å²) in [5.74, 6) is 1.66. The first-order valence-corrected chi connectivity index (χ1v) is 6.47. The fraction of sp³-hybridized carbons (Fsp3) is 0.125. The zero-order valence-electron chi connectivity index (χ0n) is 11.2. The van der Waals surface area contributed by atoms with Crippen molar-refractivity contribution in [2.45, 2.75) is 6.61 Å². The van der Waals surface area contributed by atoms with Crippen LogP contribution in [0.25, 0.3) is 10.9 Å². The highest BCUT2D eigenvalue weighted by Gasteiger charge is 2.03. The fourth-order valence-corrected chi connectivity index (χ4v) is 2.05. The molecule has 2 heterocycles. The molecule has 0 aliphatic carbocycles. The van der Waals surface area contributed by atoms with Crippen LogP contribution in [0, 0.1) is 0 Å². The van der Waals surface area contributed by atoms with Gasteiger partial charge in [-0.25, -0.2) is 4.98 Å². The van der Waals surface area contributed by atoms with Crippen molar-refractivity contribution in [2.75, 3.05) is 12.4 Å². The second-order valence-corrected chi connectivity index (χ2v) is 4.38. The minimum absolute atomic E-state index is 0.434. The van der Waals surface area contributed by atoms with Gasteiger partial charge in [-0.15, -0.1) is 0 Å². The molecule has 0 atom stereocenters. The van der Waals surface area contributed by atoms with E-state index in [1.807, 2.05) is 55.6 Å². The van der Waals surface area contributed by atoms with Crippen molar-refractivity contribution in [3.05, 3.63) is 60.4 Å². The second-order valence-electron chi connectivity index (χ2n) is 4.38. The Hall–Kier alpha value is -2.62. The van der Waals surface area contributed by atoms with Gasteiger partial charge in [0, 0.05) is 18.6 Å². The molecule has 0 radical (unpaired) electrons. The predicted octanol–water partition coefficient (Wildman–Crippen LogP) is 3.25. The molecule has 3 rings (SSSR count). The number of ether oxygens (including phenoxy) is 1. The standard InChI is InChI=1S/C16H15N3O/c1-17-16-9-2-5-12(19-16)11-20-15-8-3-7-14-13(15)6-4-10-18-14/h2-10H,11H2,1H3,(H,17,19). The average molecular weight is 265 g/mol. The summed E-state index contributed by atoms with van der Waals surface area (Å²) in [6.45, 7) is 0.434. The fourth-order valence-electron chi connectivity index (χ4n) is 2.05. The third-order valence-corrected chi connectivity index (χ3v) is 3.04. The van der Waals surface area contributed by atoms with E-state index in [9.17, 15) is 0 Å². The van der Waals surface area contributed by atoms with Crippen LogP contribution in [-0.2, 0) is 6.61 Å². The molecule has 1 aromatic carbocycles. The average Bonchev–Trinajstić information content (AvgIpc) is 2.53. The van der Waals surface area contributed by atoms with Crippen LogP contribution >= 0.6 is 0 Å². The molecule has 3 aromatic rings. The Labute approximate surface area is 117 Å². The van der Waals surface area contributed by atoms with E-state index < -0.39 is 0 Å². The summed E-state index contributed by atoms with van der Waals surface area (Å²) in [6.07, 6.45) is 1.78. The molecule has 1 N–H and O–H groups in total. The van der Waals surface area contributed by atoms with Gasteiger partial charge in [0.05, 0.1) is 11.2 Å². The number of fused-ring (bicyclic) bond motifs is 1. The van der Waals surface area contributed by atoms with Gasteiger partial charge in [0.2, 0.25) is 0 Å². The first kappa shape index (κ1) is 12.4. The van der Waals surface area contributed by atoms with Crippen LogP contribution < -0.4 is 10.1 Å². The number of nitrogens with zero attached hydrogens (tertiary/aromatic N) is 2. The smallest absolute Gasteiger partial charge is 0.130 e. The number of hydrogen-bond donors (Lipinski definition) is 1. The molecule has 0 amide bonds. The minimum Gasteiger partial charge on any atom is -0.487 e. The molecule has 0 bridgehead atoms. The van der Waals surface area contributed by atoms with Gasteiger partial charge in [0.25, 0.3) is 0 Å². The van der Waals surface area contributed by atoms with E-state index in [4.69, 9.17) is 4.74 Å². The van der Waals surface area contributed by atoms with Crippen LogP contribution in [0.3, 0.4) is 0 Å². The maximum absolute atomic E-state index is 5.87. The van der Waals surface area contributed by atoms with E-state index in [2.05, 4.69) is 15.3 Å². The van der Waals surface area contributed by atoms with Crippen molar-refractivity contribution < 1.29 is 4.74 Å². The Morgan fingerprint density at radius 2 is 1.95 bits per heavy atom. The van der Waals surface area contributed by atoms with E-state index in [1.165, 1.54) is 0 Å². The van der Waals surface area contributed by atoms with Gasteiger partial charge in [-0.3, -0.25) is 4.98 Å². The number of aromatic nitrogens is 2. The predicted molar refractivity (Wildman–Crippen MR) is 79.9 cm³/mol. The van der Waals surface area contributed by atoms with Crippen molar-refractivity contribution in [1.82, 2.24) is 9.97 Å². The number of benzene rings is 1. The molecule has 0 unspecified atom stereocenters. The summed E-state index contributed by atoms with van der Waals surface area (Å²) < 4.78 is 5.87. The highest BCUT2D eigenvalue weighted by Crippen LogP contribution is 2.24. The van der Waals surface area contributed by atoms with Crippen LogP contribution in [0.1, 0.15) is 5.69 Å². The molecular weight excluding hydrogens is 250 g/mol. The molecule has 100 valence electrons. The first-order valence-electron chi connectivity index (χ1n) is 6.47. The third-order valence-electron chi connectivity index (χ3n) is 3.04. The molecular formula is C16H15N3O. The maximum Gasteiger partial charge on any atom is 0.130 e. The molecule has 0 saturated carbocycles. The number of rotatable bonds is 4. The maximum atomic E-state index is 5.87. The summed E-state index contributed by atoms with van der Waals surface area (Å²) in [5, 5.41) is 4.03. The third kappa shape index (κ3) is 2.54. The molecule has 0 saturated heterocycles. The number of hydrogen-bond acceptors (Lipinski definition) is 4. The van der Waals surface area contributed by atoms with Gasteiger partial charge in [0.1, 0.15) is 18.2 Å². The van der Waals surface area contributed by atoms with Crippen molar-refractivity contribution in [1.29, 1.82) is 0 Å². The Bertz CT molecular complexity index is 722. The summed E-state index contributed by atoms with van der Waals surface area (Å²) in [6, 6.07) is 15.6. The Kier molecular flexibility index (Phi) is 3.46. The van der Waals surface area contributed by atoms with Gasteiger partial charge >= 0.3 is 0 Å². The van der Waals surface area contributed by atoms with Crippen molar-refractivity contribution in [3.8, 4) is 5.75 Å². The molecule has 0 aliphatic rings. The lowest BCUT2D eigenvalue weighted by molar-refractivity contribution is 0.305. The van der Waals surface area contributed by atoms with E-state index in [0.717, 1.165) is 28.2 Å². The normalized spacial score (nSPS) is 10.4. The van der Waals surface area contributed by atoms with Crippen LogP contribution in [-0.4, -0.2) is 17.0 Å². The number of pyridine rings is 2. The Morgan fingerprint density at radius 3 is 2.85 bits per heavy atom. The lowest BCUT2D eigenvalue weighted by Crippen LogP contribution is -2.01. The number of nitrogens with one attached hydrogen (secondary N) is 1. The molecule has 2 aromatic heterocycles. The molecule has 20 heavy (non-hydrogen) atoms. The monoisotopic (exact) mass is 265 g/mol. The highest BCUT2D eigenvalue weighted by molar-refractivity contribution is 5.84. The Balaban J connectivity index is 1.83. The van der Waals surface area contributed by atoms with Crippen LogP contribution in [0.15, 0.2) is 54.7 Å². The van der Waals surface area contributed by atoms with Crippen LogP contribution in [0.4, 0.5) is 5.82 Å². The highest BCUT2D eigenvalue weighted by atomic mass is 16.5. The van der Waals surface area contributed by atoms with Gasteiger partial charge in [-0.1, -0.05) is 12.1 Å². The van der Waals surface area contributed by atoms with Gasteiger partial charge < -0.3 is 10.1 Å². The van der Waals surface area contributed by atoms with Crippen LogP contribution in [0.5, 0.6) is 5.75 Å². The van der Waals surface area contributed by atoms with Gasteiger partial charge in [0.15, 0.2) is 0 Å². The molecule has 0 aliphatic heterocycles. The van der Waals surface area contributed by atoms with Gasteiger partial charge in [-0.2, -0.15) is 0 Å². The van der Waals surface area contributed by atoms with E-state index in [0.29, 0.717) is 6.61 Å². The zero-order valence-corrected chi connectivity index (χ0v) is 11.2. The van der Waals surface area contributed by atoms with Crippen molar-refractivity contribution in [3.63, 3.8) is 0 Å². The van der Waals surface area contributed by atoms with Crippen LogP contribution in [0.2, 0.25) is 0 Å². The lowest BCUT2D eigenvalue weighted by atomic mass is 10.2. The molecule has 4 nitrogen and oxygen atoms in total. The molecule has 0 spiro atoms. The van der Waals surface area contributed by atoms with E-state index >= 15 is 0 Å². The summed E-state index contributed by atoms with van der Waals surface area (Å²) >= 11 is 0. The minimum atomic E-state index is 0.434. The quantitative estimate of drug-likeness (QED) is 0.786. The van der Waals surface area contributed by atoms with E-state index in [1.54, 1.807) is 6.20 Å². The molecule has 4 heteroatoms. The Morgan fingerprint density at radius 1 is 1.05 bits per heavy atom. The summed E-state index contributed by atoms with van der Waals surface area (Å²) in [4.78, 5) is 8.75. The lowest BCUT2D eigenvalue weighted by Gasteiger charge is -2.09. The number of anilines is 1. The van der Waals surface area contributed by atoms with E-state index in [-0.39, 0.29) is 0 Å². The zero-order chi connectivity index (χ0) is 13.8. The van der Waals surface area contributed by atoms with Gasteiger partial charge in [-0.05, 0) is 36.4 Å². The summed E-state index contributed by atoms with van der Waals surface area (Å²) in [5.41, 5.74) is 1.82.